The average Bonchev–Trinajstić information content (AvgIpc) is 2.75. The van der Waals surface area contributed by atoms with Gasteiger partial charge in [-0.2, -0.15) is 4.39 Å². The van der Waals surface area contributed by atoms with Crippen LogP contribution in [0.1, 0.15) is 34.0 Å². The Kier molecular flexibility index (Phi) is 5.80. The molecule has 1 amide bonds. The highest BCUT2D eigenvalue weighted by atomic mass is 19.1. The number of H-pyrrole nitrogens is 1. The number of piperazine rings is 1. The number of anilines is 1. The molecule has 0 spiro atoms. The minimum absolute atomic E-state index is 0.0812. The van der Waals surface area contributed by atoms with Crippen molar-refractivity contribution >= 4 is 11.6 Å². The largest absolute Gasteiger partial charge is 0.365 e. The second kappa shape index (κ2) is 8.51. The highest BCUT2D eigenvalue weighted by Crippen LogP contribution is 2.25. The number of carbonyl (C=O) groups excluding carboxylic acids is 1. The Balaban J connectivity index is 1.33. The van der Waals surface area contributed by atoms with Gasteiger partial charge in [0.15, 0.2) is 0 Å². The summed E-state index contributed by atoms with van der Waals surface area (Å²) in [5.74, 6) is -0.527. The number of pyridine rings is 1. The molecule has 2 aromatic rings. The van der Waals surface area contributed by atoms with Gasteiger partial charge in [-0.25, -0.2) is 4.98 Å². The lowest BCUT2D eigenvalue weighted by Gasteiger charge is -2.38. The first-order valence-corrected chi connectivity index (χ1v) is 10.4. The summed E-state index contributed by atoms with van der Waals surface area (Å²) >= 11 is 0. The van der Waals surface area contributed by atoms with E-state index in [1.165, 1.54) is 7.05 Å². The Morgan fingerprint density at radius 2 is 2.03 bits per heavy atom. The Morgan fingerprint density at radius 3 is 2.73 bits per heavy atom. The van der Waals surface area contributed by atoms with Gasteiger partial charge in [-0.05, 0) is 44.2 Å². The van der Waals surface area contributed by atoms with Crippen LogP contribution in [0.4, 0.5) is 10.1 Å². The van der Waals surface area contributed by atoms with Gasteiger partial charge in [-0.3, -0.25) is 19.5 Å². The normalized spacial score (nSPS) is 19.4. The van der Waals surface area contributed by atoms with Crippen LogP contribution in [0.25, 0.3) is 0 Å². The molecule has 1 aliphatic heterocycles. The van der Waals surface area contributed by atoms with Crippen molar-refractivity contribution in [3.63, 3.8) is 0 Å². The molecule has 2 aliphatic rings. The average molecular weight is 414 g/mol. The van der Waals surface area contributed by atoms with Crippen molar-refractivity contribution < 1.29 is 9.18 Å². The number of nitrogens with one attached hydrogen (secondary N) is 2. The topological polar surface area (TPSA) is 94.2 Å². The van der Waals surface area contributed by atoms with Gasteiger partial charge in [-0.15, -0.1) is 0 Å². The Hall–Kier alpha value is -2.81. The number of fused-ring (bicyclic) bond motifs is 1. The van der Waals surface area contributed by atoms with Gasteiger partial charge in [0.05, 0.1) is 11.4 Å². The summed E-state index contributed by atoms with van der Waals surface area (Å²) in [6, 6.07) is 3.19. The van der Waals surface area contributed by atoms with Crippen molar-refractivity contribution in [1.29, 1.82) is 0 Å². The summed E-state index contributed by atoms with van der Waals surface area (Å²) in [5, 5.41) is 2.45. The van der Waals surface area contributed by atoms with Crippen molar-refractivity contribution in [2.75, 3.05) is 44.7 Å². The molecule has 1 aliphatic carbocycles. The van der Waals surface area contributed by atoms with Gasteiger partial charge in [0.25, 0.3) is 11.5 Å². The maximum atomic E-state index is 14.4. The van der Waals surface area contributed by atoms with Crippen molar-refractivity contribution in [2.24, 2.45) is 5.92 Å². The van der Waals surface area contributed by atoms with Crippen molar-refractivity contribution in [3.8, 4) is 0 Å². The highest BCUT2D eigenvalue weighted by Gasteiger charge is 2.26. The molecule has 3 heterocycles. The van der Waals surface area contributed by atoms with E-state index in [1.807, 2.05) is 4.90 Å². The molecule has 160 valence electrons. The van der Waals surface area contributed by atoms with E-state index in [4.69, 9.17) is 0 Å². The molecule has 0 saturated carbocycles. The van der Waals surface area contributed by atoms with Crippen LogP contribution in [0.15, 0.2) is 16.9 Å². The number of carbonyl (C=O) groups is 1. The van der Waals surface area contributed by atoms with E-state index in [2.05, 4.69) is 25.2 Å². The van der Waals surface area contributed by atoms with Crippen molar-refractivity contribution in [2.45, 2.75) is 26.2 Å². The van der Waals surface area contributed by atoms with Crippen LogP contribution in [0.5, 0.6) is 0 Å². The van der Waals surface area contributed by atoms with Crippen LogP contribution < -0.4 is 15.8 Å². The first-order valence-electron chi connectivity index (χ1n) is 10.4. The molecule has 4 rings (SSSR count). The summed E-state index contributed by atoms with van der Waals surface area (Å²) < 4.78 is 14.4. The number of hydrogen-bond donors (Lipinski definition) is 2. The third-order valence-corrected chi connectivity index (χ3v) is 6.04. The van der Waals surface area contributed by atoms with Crippen LogP contribution in [-0.2, 0) is 12.8 Å². The third kappa shape index (κ3) is 4.21. The minimum atomic E-state index is -0.611. The monoisotopic (exact) mass is 414 g/mol. The lowest BCUT2D eigenvalue weighted by atomic mass is 9.88. The molecular weight excluding hydrogens is 387 g/mol. The van der Waals surface area contributed by atoms with E-state index < -0.39 is 11.9 Å². The number of hydrogen-bond acceptors (Lipinski definition) is 6. The van der Waals surface area contributed by atoms with E-state index >= 15 is 0 Å². The molecule has 0 unspecified atom stereocenters. The van der Waals surface area contributed by atoms with E-state index in [0.29, 0.717) is 30.4 Å². The minimum Gasteiger partial charge on any atom is -0.365 e. The van der Waals surface area contributed by atoms with Crippen LogP contribution in [-0.4, -0.2) is 65.5 Å². The van der Waals surface area contributed by atoms with Crippen LogP contribution >= 0.6 is 0 Å². The fourth-order valence-corrected chi connectivity index (χ4v) is 4.34. The zero-order chi connectivity index (χ0) is 21.3. The predicted octanol–water partition coefficient (Wildman–Crippen LogP) is 0.899. The second-order valence-electron chi connectivity index (χ2n) is 8.06. The Labute approximate surface area is 174 Å². The van der Waals surface area contributed by atoms with Gasteiger partial charge in [-0.1, -0.05) is 0 Å². The standard InChI is InChI=1S/C21H27FN6O2/c1-13-20(29)26-17-11-14(3-4-15(17)24-13)12-27-7-9-28(10-8-27)18-6-5-16(21(30)23-2)25-19(18)22/h5-6,14H,3-4,7-12H2,1-2H3,(H,23,30)(H,26,29)/t14-/m0/s1. The SMILES string of the molecule is CNC(=O)c1ccc(N2CCN(C[C@H]3CCc4nc(C)c(=O)[nH]c4C3)CC2)c(F)n1. The molecule has 9 heteroatoms. The van der Waals surface area contributed by atoms with Crippen molar-refractivity contribution in [3.05, 3.63) is 51.2 Å². The molecule has 0 bridgehead atoms. The fourth-order valence-electron chi connectivity index (χ4n) is 4.34. The smallest absolute Gasteiger partial charge is 0.269 e. The summed E-state index contributed by atoms with van der Waals surface area (Å²) in [4.78, 5) is 39.1. The van der Waals surface area contributed by atoms with Gasteiger partial charge in [0.1, 0.15) is 11.4 Å². The molecule has 2 N–H and O–H groups in total. The zero-order valence-electron chi connectivity index (χ0n) is 17.4. The van der Waals surface area contributed by atoms with Crippen molar-refractivity contribution in [1.82, 2.24) is 25.2 Å². The summed E-state index contributed by atoms with van der Waals surface area (Å²) in [5.41, 5.74) is 2.96. The van der Waals surface area contributed by atoms with E-state index in [0.717, 1.165) is 50.3 Å². The Morgan fingerprint density at radius 1 is 1.27 bits per heavy atom. The van der Waals surface area contributed by atoms with Gasteiger partial charge in [0, 0.05) is 45.5 Å². The van der Waals surface area contributed by atoms with Gasteiger partial charge < -0.3 is 15.2 Å². The predicted molar refractivity (Wildman–Crippen MR) is 111 cm³/mol. The fraction of sp³-hybridized carbons (Fsp3) is 0.524. The molecule has 8 nitrogen and oxygen atoms in total. The molecule has 1 atom stereocenters. The second-order valence-corrected chi connectivity index (χ2v) is 8.06. The Bertz CT molecular complexity index is 999. The summed E-state index contributed by atoms with van der Waals surface area (Å²) in [6.45, 7) is 5.79. The van der Waals surface area contributed by atoms with E-state index in [-0.39, 0.29) is 11.3 Å². The number of aromatic nitrogens is 3. The van der Waals surface area contributed by atoms with Gasteiger partial charge >= 0.3 is 0 Å². The third-order valence-electron chi connectivity index (χ3n) is 6.04. The maximum Gasteiger partial charge on any atom is 0.269 e. The molecular formula is C21H27FN6O2. The number of halogens is 1. The highest BCUT2D eigenvalue weighted by molar-refractivity contribution is 5.92. The number of amides is 1. The molecule has 1 saturated heterocycles. The number of nitrogens with zero attached hydrogens (tertiary/aromatic N) is 4. The van der Waals surface area contributed by atoms with E-state index in [9.17, 15) is 14.0 Å². The first-order chi connectivity index (χ1) is 14.4. The molecule has 1 fully saturated rings. The van der Waals surface area contributed by atoms with Crippen LogP contribution in [0, 0.1) is 18.8 Å². The van der Waals surface area contributed by atoms with Crippen LogP contribution in [0.2, 0.25) is 0 Å². The lowest BCUT2D eigenvalue weighted by molar-refractivity contribution is 0.0957. The van der Waals surface area contributed by atoms with Gasteiger partial charge in [0.2, 0.25) is 5.95 Å². The molecule has 0 aromatic carbocycles. The van der Waals surface area contributed by atoms with E-state index in [1.54, 1.807) is 19.1 Å². The molecule has 0 radical (unpaired) electrons. The van der Waals surface area contributed by atoms with Crippen LogP contribution in [0.3, 0.4) is 0 Å². The zero-order valence-corrected chi connectivity index (χ0v) is 17.4. The summed E-state index contributed by atoms with van der Waals surface area (Å²) in [7, 11) is 1.50. The number of aryl methyl sites for hydroxylation is 2. The number of rotatable bonds is 4. The first kappa shape index (κ1) is 20.5. The maximum absolute atomic E-state index is 14.4. The molecule has 2 aromatic heterocycles. The number of aromatic amines is 1. The lowest BCUT2D eigenvalue weighted by Crippen LogP contribution is -2.48. The quantitative estimate of drug-likeness (QED) is 0.722. The molecule has 30 heavy (non-hydrogen) atoms. The summed E-state index contributed by atoms with van der Waals surface area (Å²) in [6.07, 6.45) is 2.80.